The lowest BCUT2D eigenvalue weighted by Crippen LogP contribution is -2.31. The molecule has 2 heterocycles. The molecular weight excluding hydrogens is 296 g/mol. The van der Waals surface area contributed by atoms with Crippen LogP contribution in [0.1, 0.15) is 19.6 Å². The zero-order chi connectivity index (χ0) is 14.4. The summed E-state index contributed by atoms with van der Waals surface area (Å²) < 4.78 is 5.98. The number of rotatable bonds is 7. The number of hydrogen-bond donors (Lipinski definition) is 2. The Hall–Kier alpha value is -1.54. The summed E-state index contributed by atoms with van der Waals surface area (Å²) in [5.74, 6) is 1.20. The molecular formula is C12H16N4O2S2. The Bertz CT molecular complexity index is 539. The molecule has 8 heteroatoms. The van der Waals surface area contributed by atoms with E-state index in [-0.39, 0.29) is 11.9 Å². The van der Waals surface area contributed by atoms with Gasteiger partial charge in [-0.15, -0.1) is 10.2 Å². The molecule has 0 aliphatic carbocycles. The molecule has 2 aromatic rings. The molecule has 0 spiro atoms. The van der Waals surface area contributed by atoms with E-state index in [1.807, 2.05) is 26.0 Å². The number of carbonyl (C=O) groups excluding carboxylic acids is 1. The van der Waals surface area contributed by atoms with Gasteiger partial charge in [-0.2, -0.15) is 0 Å². The lowest BCUT2D eigenvalue weighted by atomic mass is 10.4. The summed E-state index contributed by atoms with van der Waals surface area (Å²) in [4.78, 5) is 11.5. The van der Waals surface area contributed by atoms with Crippen molar-refractivity contribution in [1.82, 2.24) is 15.5 Å². The maximum Gasteiger partial charge on any atom is 0.230 e. The number of furan rings is 1. The van der Waals surface area contributed by atoms with E-state index in [2.05, 4.69) is 20.8 Å². The van der Waals surface area contributed by atoms with Crippen molar-refractivity contribution in [3.8, 4) is 0 Å². The van der Waals surface area contributed by atoms with Gasteiger partial charge < -0.3 is 15.1 Å². The van der Waals surface area contributed by atoms with Gasteiger partial charge in [-0.3, -0.25) is 4.79 Å². The van der Waals surface area contributed by atoms with Gasteiger partial charge in [-0.1, -0.05) is 23.1 Å². The van der Waals surface area contributed by atoms with Gasteiger partial charge in [0, 0.05) is 6.04 Å². The highest BCUT2D eigenvalue weighted by Crippen LogP contribution is 2.25. The van der Waals surface area contributed by atoms with Gasteiger partial charge in [-0.25, -0.2) is 0 Å². The van der Waals surface area contributed by atoms with Crippen LogP contribution in [0.4, 0.5) is 5.13 Å². The fourth-order valence-corrected chi connectivity index (χ4v) is 2.97. The van der Waals surface area contributed by atoms with Crippen LogP contribution in [0.2, 0.25) is 0 Å². The van der Waals surface area contributed by atoms with Crippen LogP contribution in [-0.2, 0) is 11.3 Å². The smallest absolute Gasteiger partial charge is 0.230 e. The Labute approximate surface area is 125 Å². The fraction of sp³-hybridized carbons (Fsp3) is 0.417. The number of amides is 1. The molecule has 108 valence electrons. The molecule has 0 unspecified atom stereocenters. The first-order chi connectivity index (χ1) is 9.63. The first kappa shape index (κ1) is 14.9. The first-order valence-electron chi connectivity index (χ1n) is 6.15. The lowest BCUT2D eigenvalue weighted by molar-refractivity contribution is -0.119. The minimum absolute atomic E-state index is 0.00490. The number of anilines is 1. The van der Waals surface area contributed by atoms with Crippen molar-refractivity contribution in [2.45, 2.75) is 30.8 Å². The van der Waals surface area contributed by atoms with Crippen molar-refractivity contribution in [2.75, 3.05) is 11.1 Å². The van der Waals surface area contributed by atoms with Crippen molar-refractivity contribution >= 4 is 34.1 Å². The molecule has 0 bridgehead atoms. The molecule has 0 aromatic carbocycles. The summed E-state index contributed by atoms with van der Waals surface area (Å²) >= 11 is 2.81. The molecule has 1 amide bonds. The predicted molar refractivity (Wildman–Crippen MR) is 79.9 cm³/mol. The Morgan fingerprint density at radius 1 is 1.50 bits per heavy atom. The number of hydrogen-bond acceptors (Lipinski definition) is 7. The lowest BCUT2D eigenvalue weighted by Gasteiger charge is -2.06. The van der Waals surface area contributed by atoms with Crippen LogP contribution < -0.4 is 10.6 Å². The van der Waals surface area contributed by atoms with Crippen molar-refractivity contribution in [1.29, 1.82) is 0 Å². The van der Waals surface area contributed by atoms with Gasteiger partial charge in [-0.05, 0) is 26.0 Å². The van der Waals surface area contributed by atoms with Gasteiger partial charge in [0.15, 0.2) is 4.34 Å². The second-order valence-corrected chi connectivity index (χ2v) is 6.52. The minimum atomic E-state index is 0.00490. The summed E-state index contributed by atoms with van der Waals surface area (Å²) in [6.45, 7) is 4.44. The first-order valence-corrected chi connectivity index (χ1v) is 7.95. The molecule has 0 aliphatic rings. The van der Waals surface area contributed by atoms with E-state index in [9.17, 15) is 4.79 Å². The third kappa shape index (κ3) is 4.86. The molecule has 0 aliphatic heterocycles. The number of thioether (sulfide) groups is 1. The van der Waals surface area contributed by atoms with Gasteiger partial charge in [0.05, 0.1) is 18.6 Å². The van der Waals surface area contributed by atoms with Gasteiger partial charge in [0.1, 0.15) is 5.76 Å². The number of aromatic nitrogens is 2. The van der Waals surface area contributed by atoms with Crippen LogP contribution >= 0.6 is 23.1 Å². The monoisotopic (exact) mass is 312 g/mol. The van der Waals surface area contributed by atoms with E-state index < -0.39 is 0 Å². The maximum absolute atomic E-state index is 11.5. The molecule has 6 nitrogen and oxygen atoms in total. The summed E-state index contributed by atoms with van der Waals surface area (Å²) in [6, 6.07) is 3.88. The average Bonchev–Trinajstić information content (AvgIpc) is 3.05. The van der Waals surface area contributed by atoms with Gasteiger partial charge >= 0.3 is 0 Å². The van der Waals surface area contributed by atoms with E-state index in [1.165, 1.54) is 23.1 Å². The molecule has 0 atom stereocenters. The summed E-state index contributed by atoms with van der Waals surface area (Å²) in [7, 11) is 0. The number of nitrogens with one attached hydrogen (secondary N) is 2. The Morgan fingerprint density at radius 3 is 3.05 bits per heavy atom. The third-order valence-electron chi connectivity index (χ3n) is 2.18. The largest absolute Gasteiger partial charge is 0.467 e. The van der Waals surface area contributed by atoms with Crippen LogP contribution in [0, 0.1) is 0 Å². The molecule has 20 heavy (non-hydrogen) atoms. The predicted octanol–water partition coefficient (Wildman–Crippen LogP) is 2.36. The normalized spacial score (nSPS) is 10.8. The molecule has 2 aromatic heterocycles. The summed E-state index contributed by atoms with van der Waals surface area (Å²) in [6.07, 6.45) is 1.63. The second-order valence-electron chi connectivity index (χ2n) is 4.32. The highest BCUT2D eigenvalue weighted by Gasteiger charge is 2.09. The van der Waals surface area contributed by atoms with E-state index in [1.54, 1.807) is 6.26 Å². The Kier molecular flexibility index (Phi) is 5.42. The summed E-state index contributed by atoms with van der Waals surface area (Å²) in [5, 5.41) is 14.7. The highest BCUT2D eigenvalue weighted by molar-refractivity contribution is 8.01. The minimum Gasteiger partial charge on any atom is -0.467 e. The third-order valence-corrected chi connectivity index (χ3v) is 4.19. The maximum atomic E-state index is 11.5. The van der Waals surface area contributed by atoms with Crippen LogP contribution in [0.25, 0.3) is 0 Å². The molecule has 2 rings (SSSR count). The van der Waals surface area contributed by atoms with E-state index in [0.29, 0.717) is 17.4 Å². The quantitative estimate of drug-likeness (QED) is 0.764. The van der Waals surface area contributed by atoms with Crippen molar-refractivity contribution in [3.63, 3.8) is 0 Å². The van der Waals surface area contributed by atoms with Crippen LogP contribution in [-0.4, -0.2) is 27.9 Å². The molecule has 2 N–H and O–H groups in total. The number of carbonyl (C=O) groups is 1. The molecule has 0 fully saturated rings. The highest BCUT2D eigenvalue weighted by atomic mass is 32.2. The SMILES string of the molecule is CC(C)NC(=O)CSc1nnc(NCc2ccco2)s1. The van der Waals surface area contributed by atoms with E-state index in [0.717, 1.165) is 10.1 Å². The zero-order valence-electron chi connectivity index (χ0n) is 11.3. The molecule has 0 saturated heterocycles. The average molecular weight is 312 g/mol. The van der Waals surface area contributed by atoms with Crippen LogP contribution in [0.5, 0.6) is 0 Å². The van der Waals surface area contributed by atoms with Gasteiger partial charge in [0.2, 0.25) is 11.0 Å². The van der Waals surface area contributed by atoms with Crippen molar-refractivity contribution < 1.29 is 9.21 Å². The fourth-order valence-electron chi connectivity index (χ4n) is 1.41. The number of nitrogens with zero attached hydrogens (tertiary/aromatic N) is 2. The van der Waals surface area contributed by atoms with Crippen molar-refractivity contribution in [2.24, 2.45) is 0 Å². The van der Waals surface area contributed by atoms with Crippen LogP contribution in [0.3, 0.4) is 0 Å². The van der Waals surface area contributed by atoms with Crippen molar-refractivity contribution in [3.05, 3.63) is 24.2 Å². The van der Waals surface area contributed by atoms with Gasteiger partial charge in [0.25, 0.3) is 0 Å². The topological polar surface area (TPSA) is 80.0 Å². The van der Waals surface area contributed by atoms with E-state index in [4.69, 9.17) is 4.42 Å². The Morgan fingerprint density at radius 2 is 2.35 bits per heavy atom. The van der Waals surface area contributed by atoms with E-state index >= 15 is 0 Å². The summed E-state index contributed by atoms with van der Waals surface area (Å²) in [5.41, 5.74) is 0. The molecule has 0 radical (unpaired) electrons. The Balaban J connectivity index is 1.76. The standard InChI is InChI=1S/C12H16N4O2S2/c1-8(2)14-10(17)7-19-12-16-15-11(20-12)13-6-9-4-3-5-18-9/h3-5,8H,6-7H2,1-2H3,(H,13,15)(H,14,17). The second kappa shape index (κ2) is 7.30. The van der Waals surface area contributed by atoms with Crippen LogP contribution in [0.15, 0.2) is 27.2 Å². The zero-order valence-corrected chi connectivity index (χ0v) is 12.9. The molecule has 0 saturated carbocycles.